The SMILES string of the molecule is CCSc1cccc(N2CCSCC2S(C)(=O)=O)c1C#N. The zero-order valence-electron chi connectivity index (χ0n) is 12.1. The lowest BCUT2D eigenvalue weighted by molar-refractivity contribution is 0.584. The molecule has 1 fully saturated rings. The van der Waals surface area contributed by atoms with Gasteiger partial charge in [-0.05, 0) is 17.9 Å². The summed E-state index contributed by atoms with van der Waals surface area (Å²) in [6.07, 6.45) is 1.27. The van der Waals surface area contributed by atoms with E-state index in [2.05, 4.69) is 6.07 Å². The first kappa shape index (κ1) is 16.5. The number of nitriles is 1. The van der Waals surface area contributed by atoms with Crippen LogP contribution in [0.3, 0.4) is 0 Å². The van der Waals surface area contributed by atoms with E-state index in [1.54, 1.807) is 23.5 Å². The average Bonchev–Trinajstić information content (AvgIpc) is 2.46. The third-order valence-corrected chi connectivity index (χ3v) is 6.89. The molecule has 1 aromatic carbocycles. The minimum Gasteiger partial charge on any atom is -0.352 e. The Morgan fingerprint density at radius 1 is 1.52 bits per heavy atom. The van der Waals surface area contributed by atoms with Crippen LogP contribution >= 0.6 is 23.5 Å². The first-order valence-electron chi connectivity index (χ1n) is 6.68. The fourth-order valence-electron chi connectivity index (χ4n) is 2.36. The Hall–Kier alpha value is -0.840. The Balaban J connectivity index is 2.49. The number of hydrogen-bond donors (Lipinski definition) is 0. The van der Waals surface area contributed by atoms with Gasteiger partial charge in [0.25, 0.3) is 0 Å². The lowest BCUT2D eigenvalue weighted by Crippen LogP contribution is -2.47. The van der Waals surface area contributed by atoms with Crippen LogP contribution in [0.1, 0.15) is 12.5 Å². The molecule has 0 aromatic heterocycles. The highest BCUT2D eigenvalue weighted by Crippen LogP contribution is 2.34. The quantitative estimate of drug-likeness (QED) is 0.784. The van der Waals surface area contributed by atoms with Crippen LogP contribution in [0.4, 0.5) is 5.69 Å². The summed E-state index contributed by atoms with van der Waals surface area (Å²) in [6, 6.07) is 7.93. The molecule has 1 unspecified atom stereocenters. The third kappa shape index (κ3) is 3.68. The zero-order valence-corrected chi connectivity index (χ0v) is 14.5. The zero-order chi connectivity index (χ0) is 15.5. The molecule has 4 nitrogen and oxygen atoms in total. The predicted octanol–water partition coefficient (Wildman–Crippen LogP) is 2.59. The lowest BCUT2D eigenvalue weighted by Gasteiger charge is -2.36. The fraction of sp³-hybridized carbons (Fsp3) is 0.500. The second-order valence-electron chi connectivity index (χ2n) is 4.75. The van der Waals surface area contributed by atoms with Crippen molar-refractivity contribution in [1.82, 2.24) is 0 Å². The van der Waals surface area contributed by atoms with Crippen molar-refractivity contribution >= 4 is 39.0 Å². The summed E-state index contributed by atoms with van der Waals surface area (Å²) in [4.78, 5) is 2.80. The Kier molecular flexibility index (Phi) is 5.47. The summed E-state index contributed by atoms with van der Waals surface area (Å²) >= 11 is 3.26. The Morgan fingerprint density at radius 2 is 2.29 bits per heavy atom. The van der Waals surface area contributed by atoms with Gasteiger partial charge in [-0.3, -0.25) is 0 Å². The molecule has 0 saturated carbocycles. The second-order valence-corrected chi connectivity index (χ2v) is 9.41. The molecule has 0 bridgehead atoms. The van der Waals surface area contributed by atoms with Crippen molar-refractivity contribution < 1.29 is 8.42 Å². The van der Waals surface area contributed by atoms with Crippen LogP contribution in [-0.2, 0) is 9.84 Å². The Bertz CT molecular complexity index is 653. The van der Waals surface area contributed by atoms with E-state index in [0.717, 1.165) is 22.1 Å². The van der Waals surface area contributed by atoms with Gasteiger partial charge in [-0.1, -0.05) is 13.0 Å². The standard InChI is InChI=1S/C14H18N2O2S3/c1-3-20-13-6-4-5-12(11(13)9-15)16-7-8-19-10-14(16)21(2,17)18/h4-6,14H,3,7-8,10H2,1-2H3. The second kappa shape index (κ2) is 6.95. The molecule has 1 heterocycles. The van der Waals surface area contributed by atoms with Gasteiger partial charge in [-0.2, -0.15) is 17.0 Å². The van der Waals surface area contributed by atoms with Crippen LogP contribution < -0.4 is 4.90 Å². The molecule has 1 aliphatic rings. The summed E-state index contributed by atoms with van der Waals surface area (Å²) < 4.78 is 24.1. The van der Waals surface area contributed by atoms with Crippen LogP contribution in [0.25, 0.3) is 0 Å². The molecule has 1 saturated heterocycles. The van der Waals surface area contributed by atoms with E-state index in [1.165, 1.54) is 6.26 Å². The van der Waals surface area contributed by atoms with E-state index >= 15 is 0 Å². The molecule has 0 spiro atoms. The molecule has 114 valence electrons. The summed E-state index contributed by atoms with van der Waals surface area (Å²) in [7, 11) is -3.18. The number of hydrogen-bond acceptors (Lipinski definition) is 6. The maximum Gasteiger partial charge on any atom is 0.169 e. The van der Waals surface area contributed by atoms with Crippen molar-refractivity contribution in [1.29, 1.82) is 5.26 Å². The van der Waals surface area contributed by atoms with E-state index in [4.69, 9.17) is 0 Å². The molecule has 7 heteroatoms. The molecule has 2 rings (SSSR count). The molecule has 0 N–H and O–H groups in total. The number of anilines is 1. The van der Waals surface area contributed by atoms with E-state index < -0.39 is 15.2 Å². The first-order valence-corrected chi connectivity index (χ1v) is 10.8. The fourth-order valence-corrected chi connectivity index (χ4v) is 5.97. The highest BCUT2D eigenvalue weighted by atomic mass is 32.2. The smallest absolute Gasteiger partial charge is 0.169 e. The van der Waals surface area contributed by atoms with Crippen molar-refractivity contribution in [2.45, 2.75) is 17.2 Å². The van der Waals surface area contributed by atoms with Gasteiger partial charge in [0.05, 0.1) is 11.3 Å². The number of benzene rings is 1. The van der Waals surface area contributed by atoms with Gasteiger partial charge >= 0.3 is 0 Å². The maximum atomic E-state index is 12.0. The van der Waals surface area contributed by atoms with Gasteiger partial charge in [-0.15, -0.1) is 11.8 Å². The summed E-state index contributed by atoms with van der Waals surface area (Å²) in [5.41, 5.74) is 1.33. The van der Waals surface area contributed by atoms with Crippen LogP contribution in [-0.4, -0.2) is 43.9 Å². The first-order chi connectivity index (χ1) is 9.99. The van der Waals surface area contributed by atoms with Crippen molar-refractivity contribution in [3.05, 3.63) is 23.8 Å². The molecule has 0 amide bonds. The normalized spacial score (nSPS) is 19.3. The van der Waals surface area contributed by atoms with Crippen LogP contribution in [0.2, 0.25) is 0 Å². The highest BCUT2D eigenvalue weighted by molar-refractivity contribution is 8.01. The number of nitrogens with zero attached hydrogens (tertiary/aromatic N) is 2. The largest absolute Gasteiger partial charge is 0.352 e. The minimum atomic E-state index is -3.18. The molecule has 1 aliphatic heterocycles. The van der Waals surface area contributed by atoms with Crippen molar-refractivity contribution in [2.24, 2.45) is 0 Å². The molecular weight excluding hydrogens is 324 g/mol. The Morgan fingerprint density at radius 3 is 2.90 bits per heavy atom. The van der Waals surface area contributed by atoms with Gasteiger partial charge in [0.2, 0.25) is 0 Å². The number of thioether (sulfide) groups is 2. The predicted molar refractivity (Wildman–Crippen MR) is 90.9 cm³/mol. The number of sulfone groups is 1. The molecule has 21 heavy (non-hydrogen) atoms. The number of rotatable bonds is 4. The van der Waals surface area contributed by atoms with Gasteiger partial charge in [0.15, 0.2) is 9.84 Å². The summed E-state index contributed by atoms with van der Waals surface area (Å²) in [5, 5.41) is 8.95. The van der Waals surface area contributed by atoms with Crippen LogP contribution in [0, 0.1) is 11.3 Å². The topological polar surface area (TPSA) is 61.2 Å². The summed E-state index contributed by atoms with van der Waals surface area (Å²) in [5.74, 6) is 2.31. The Labute approximate surface area is 134 Å². The van der Waals surface area contributed by atoms with Crippen LogP contribution in [0.5, 0.6) is 0 Å². The van der Waals surface area contributed by atoms with E-state index in [0.29, 0.717) is 17.9 Å². The maximum absolute atomic E-state index is 12.0. The monoisotopic (exact) mass is 342 g/mol. The minimum absolute atomic E-state index is 0.550. The molecule has 0 aliphatic carbocycles. The molecular formula is C14H18N2O2S3. The van der Waals surface area contributed by atoms with Crippen molar-refractivity contribution in [3.63, 3.8) is 0 Å². The third-order valence-electron chi connectivity index (χ3n) is 3.30. The van der Waals surface area contributed by atoms with E-state index in [9.17, 15) is 13.7 Å². The highest BCUT2D eigenvalue weighted by Gasteiger charge is 2.32. The average molecular weight is 343 g/mol. The van der Waals surface area contributed by atoms with Crippen molar-refractivity contribution in [2.75, 3.05) is 35.0 Å². The van der Waals surface area contributed by atoms with E-state index in [-0.39, 0.29) is 0 Å². The van der Waals surface area contributed by atoms with Gasteiger partial charge in [0.1, 0.15) is 11.4 Å². The van der Waals surface area contributed by atoms with Crippen LogP contribution in [0.15, 0.2) is 23.1 Å². The van der Waals surface area contributed by atoms with E-state index in [1.807, 2.05) is 30.0 Å². The summed E-state index contributed by atoms with van der Waals surface area (Å²) in [6.45, 7) is 2.69. The van der Waals surface area contributed by atoms with Gasteiger partial charge < -0.3 is 4.90 Å². The molecule has 1 aromatic rings. The van der Waals surface area contributed by atoms with Gasteiger partial charge in [0, 0.05) is 29.2 Å². The van der Waals surface area contributed by atoms with Crippen molar-refractivity contribution in [3.8, 4) is 6.07 Å². The molecule has 0 radical (unpaired) electrons. The molecule has 1 atom stereocenters. The van der Waals surface area contributed by atoms with Gasteiger partial charge in [-0.25, -0.2) is 8.42 Å². The lowest BCUT2D eigenvalue weighted by atomic mass is 10.1.